The van der Waals surface area contributed by atoms with Crippen molar-refractivity contribution < 1.29 is 4.32 Å². The van der Waals surface area contributed by atoms with Crippen LogP contribution < -0.4 is 0 Å². The number of hydrogen-bond acceptors (Lipinski definition) is 0. The summed E-state index contributed by atoms with van der Waals surface area (Å²) >= 11 is 0. The average Bonchev–Trinajstić information content (AvgIpc) is 2.35. The van der Waals surface area contributed by atoms with Crippen molar-refractivity contribution in [1.29, 1.82) is 0 Å². The highest BCUT2D eigenvalue weighted by atomic mass is 19.1. The number of hydrogen-bond donors (Lipinski definition) is 0. The Morgan fingerprint density at radius 3 is 1.62 bits per heavy atom. The van der Waals surface area contributed by atoms with Crippen molar-refractivity contribution in [2.45, 2.75) is 118 Å². The summed E-state index contributed by atoms with van der Waals surface area (Å²) in [5, 5.41) is 0.110. The topological polar surface area (TPSA) is 0 Å². The molecule has 0 saturated carbocycles. The zero-order chi connectivity index (χ0) is 19.6. The molecule has 24 heavy (non-hydrogen) atoms. The molecule has 0 bridgehead atoms. The van der Waals surface area contributed by atoms with Gasteiger partial charge in [0.05, 0.1) is 0 Å². The van der Waals surface area contributed by atoms with Crippen LogP contribution >= 0.6 is 0 Å². The molecule has 0 saturated heterocycles. The van der Waals surface area contributed by atoms with Crippen molar-refractivity contribution in [2.75, 3.05) is 0 Å². The minimum absolute atomic E-state index is 0.212. The van der Waals surface area contributed by atoms with E-state index in [2.05, 4.69) is 83.1 Å². The van der Waals surface area contributed by atoms with Gasteiger partial charge in [0.1, 0.15) is 14.6 Å². The van der Waals surface area contributed by atoms with Crippen LogP contribution in [0.1, 0.15) is 89.5 Å². The summed E-state index contributed by atoms with van der Waals surface area (Å²) in [6.07, 6.45) is 1.21. The SMILES string of the molecule is CC(C)BC(C)(C)C(C)(C)CC(C)(C)C(C)BC(C)C(C)(C)BF. The molecule has 0 rings (SSSR count). The molecule has 0 aromatic rings. The highest BCUT2D eigenvalue weighted by Crippen LogP contribution is 2.55. The van der Waals surface area contributed by atoms with Gasteiger partial charge in [0.25, 0.3) is 0 Å². The van der Waals surface area contributed by atoms with Crippen LogP contribution in [0, 0.1) is 10.8 Å². The Balaban J connectivity index is 5.11. The third-order valence-corrected chi connectivity index (χ3v) is 7.37. The Kier molecular flexibility index (Phi) is 8.26. The van der Waals surface area contributed by atoms with Crippen molar-refractivity contribution in [1.82, 2.24) is 0 Å². The predicted molar refractivity (Wildman–Crippen MR) is 117 cm³/mol. The van der Waals surface area contributed by atoms with Crippen LogP contribution in [0.15, 0.2) is 0 Å². The molecule has 0 aliphatic rings. The smallest absolute Gasteiger partial charge is 0.336 e. The monoisotopic (exact) mass is 336 g/mol. The van der Waals surface area contributed by atoms with Crippen molar-refractivity contribution in [3.05, 3.63) is 0 Å². The van der Waals surface area contributed by atoms with E-state index in [4.69, 9.17) is 0 Å². The fourth-order valence-electron chi connectivity index (χ4n) is 4.15. The molecule has 2 atom stereocenters. The zero-order valence-electron chi connectivity index (χ0n) is 18.9. The lowest BCUT2D eigenvalue weighted by atomic mass is 9.36. The molecule has 0 spiro atoms. The van der Waals surface area contributed by atoms with Gasteiger partial charge in [-0.2, -0.15) is 0 Å². The highest BCUT2D eigenvalue weighted by molar-refractivity contribution is 6.45. The average molecular weight is 336 g/mol. The molecule has 2 unspecified atom stereocenters. The van der Waals surface area contributed by atoms with Crippen molar-refractivity contribution in [2.24, 2.45) is 10.8 Å². The minimum atomic E-state index is -0.228. The fourth-order valence-corrected chi connectivity index (χ4v) is 4.15. The summed E-state index contributed by atoms with van der Waals surface area (Å²) in [6.45, 7) is 28.0. The van der Waals surface area contributed by atoms with Crippen LogP contribution in [0.2, 0.25) is 28.1 Å². The molecule has 0 radical (unpaired) electrons. The maximum Gasteiger partial charge on any atom is 0.336 e. The van der Waals surface area contributed by atoms with Crippen LogP contribution in [0.4, 0.5) is 4.32 Å². The Labute approximate surface area is 155 Å². The summed E-state index contributed by atoms with van der Waals surface area (Å²) in [7, 11) is 2.13. The first kappa shape index (κ1) is 24.1. The Morgan fingerprint density at radius 2 is 1.25 bits per heavy atom. The first-order chi connectivity index (χ1) is 10.5. The molecule has 0 N–H and O–H groups in total. The van der Waals surface area contributed by atoms with Gasteiger partial charge in [-0.3, -0.25) is 0 Å². The third-order valence-electron chi connectivity index (χ3n) is 7.37. The van der Waals surface area contributed by atoms with Crippen molar-refractivity contribution in [3.8, 4) is 0 Å². The van der Waals surface area contributed by atoms with Gasteiger partial charge < -0.3 is 4.32 Å². The van der Waals surface area contributed by atoms with Crippen LogP contribution in [0.3, 0.4) is 0 Å². The van der Waals surface area contributed by atoms with Crippen molar-refractivity contribution in [3.63, 3.8) is 0 Å². The second-order valence-corrected chi connectivity index (χ2v) is 11.7. The van der Waals surface area contributed by atoms with Gasteiger partial charge in [0.15, 0.2) is 0 Å². The third kappa shape index (κ3) is 6.45. The maximum absolute atomic E-state index is 13.3. The molecule has 4 heteroatoms. The van der Waals surface area contributed by atoms with Gasteiger partial charge in [0, 0.05) is 0 Å². The molecule has 0 aromatic carbocycles. The molecule has 140 valence electrons. The van der Waals surface area contributed by atoms with E-state index in [0.717, 1.165) is 13.1 Å². The summed E-state index contributed by atoms with van der Waals surface area (Å²) in [5.74, 6) is 1.72. The molecular formula is C20H44B3F. The van der Waals surface area contributed by atoms with E-state index >= 15 is 0 Å². The quantitative estimate of drug-likeness (QED) is 0.401. The van der Waals surface area contributed by atoms with E-state index in [1.165, 1.54) is 13.7 Å². The summed E-state index contributed by atoms with van der Waals surface area (Å²) in [5.41, 5.74) is 0.548. The van der Waals surface area contributed by atoms with Crippen LogP contribution in [0.25, 0.3) is 0 Å². The van der Waals surface area contributed by atoms with E-state index in [9.17, 15) is 4.32 Å². The van der Waals surface area contributed by atoms with Crippen LogP contribution in [-0.4, -0.2) is 22.1 Å². The van der Waals surface area contributed by atoms with Crippen molar-refractivity contribution >= 4 is 22.1 Å². The number of rotatable bonds is 10. The van der Waals surface area contributed by atoms with E-state index in [1.807, 2.05) is 0 Å². The predicted octanol–water partition coefficient (Wildman–Crippen LogP) is 6.47. The summed E-state index contributed by atoms with van der Waals surface area (Å²) < 4.78 is 13.3. The summed E-state index contributed by atoms with van der Waals surface area (Å²) in [6, 6.07) is 0. The highest BCUT2D eigenvalue weighted by Gasteiger charge is 2.43. The second-order valence-electron chi connectivity index (χ2n) is 11.7. The Morgan fingerprint density at radius 1 is 0.792 bits per heavy atom. The van der Waals surface area contributed by atoms with Crippen LogP contribution in [0.5, 0.6) is 0 Å². The Hall–Kier alpha value is 0.125. The normalized spacial score (nSPS) is 16.8. The van der Waals surface area contributed by atoms with E-state index in [-0.39, 0.29) is 23.7 Å². The molecule has 0 amide bonds. The minimum Gasteiger partial charge on any atom is -0.341 e. The van der Waals surface area contributed by atoms with Gasteiger partial charge in [-0.05, 0) is 22.6 Å². The molecule has 0 fully saturated rings. The van der Waals surface area contributed by atoms with Gasteiger partial charge >= 0.3 is 7.56 Å². The lowest BCUT2D eigenvalue weighted by Crippen LogP contribution is -2.39. The molecule has 0 aromatic heterocycles. The first-order valence-corrected chi connectivity index (χ1v) is 10.0. The van der Waals surface area contributed by atoms with E-state index < -0.39 is 0 Å². The number of halogens is 1. The largest absolute Gasteiger partial charge is 0.341 e. The van der Waals surface area contributed by atoms with Gasteiger partial charge in [-0.25, -0.2) is 0 Å². The Bertz CT molecular complexity index is 386. The maximum atomic E-state index is 13.3. The second kappa shape index (κ2) is 8.21. The van der Waals surface area contributed by atoms with Gasteiger partial charge in [0.2, 0.25) is 0 Å². The van der Waals surface area contributed by atoms with Gasteiger partial charge in [-0.15, -0.1) is 0 Å². The molecular weight excluding hydrogens is 292 g/mol. The van der Waals surface area contributed by atoms with E-state index in [1.54, 1.807) is 0 Å². The van der Waals surface area contributed by atoms with Crippen LogP contribution in [-0.2, 0) is 0 Å². The first-order valence-electron chi connectivity index (χ1n) is 10.0. The van der Waals surface area contributed by atoms with Gasteiger partial charge in [-0.1, -0.05) is 106 Å². The molecule has 0 nitrogen and oxygen atoms in total. The molecule has 0 aliphatic heterocycles. The van der Waals surface area contributed by atoms with E-state index in [0.29, 0.717) is 16.9 Å². The lowest BCUT2D eigenvalue weighted by molar-refractivity contribution is 0.143. The standard InChI is InChI=1S/C20H44B3F/c1-14(2)22-20(11,12)18(7,8)13-17(5,6)15(3)21-16(4)19(9,10)23-24/h14-16,21-23H,13H2,1-12H3. The molecule has 0 aliphatic carbocycles. The summed E-state index contributed by atoms with van der Waals surface area (Å²) in [4.78, 5) is 0. The zero-order valence-corrected chi connectivity index (χ0v) is 18.9. The lowest BCUT2D eigenvalue weighted by Gasteiger charge is -2.49. The molecule has 0 heterocycles. The fraction of sp³-hybridized carbons (Fsp3) is 1.00.